The van der Waals surface area contributed by atoms with Crippen molar-refractivity contribution in [2.45, 2.75) is 38.9 Å². The van der Waals surface area contributed by atoms with Gasteiger partial charge in [-0.05, 0) is 53.4 Å². The van der Waals surface area contributed by atoms with Gasteiger partial charge in [-0.3, -0.25) is 9.59 Å². The first kappa shape index (κ1) is 24.9. The molecule has 1 aromatic carbocycles. The molecule has 0 saturated carbocycles. The number of fused-ring (bicyclic) bond motifs is 3. The summed E-state index contributed by atoms with van der Waals surface area (Å²) in [4.78, 5) is 41.3. The van der Waals surface area contributed by atoms with Crippen molar-refractivity contribution in [2.75, 3.05) is 18.2 Å². The fourth-order valence-electron chi connectivity index (χ4n) is 5.01. The van der Waals surface area contributed by atoms with Crippen LogP contribution in [0.2, 0.25) is 0 Å². The lowest BCUT2D eigenvalue weighted by Crippen LogP contribution is -2.47. The minimum absolute atomic E-state index is 0.0254. The third kappa shape index (κ3) is 4.35. The zero-order valence-electron chi connectivity index (χ0n) is 20.4. The number of ether oxygens (including phenoxy) is 1. The number of nitrogen functional groups attached to an aromatic ring is 1. The summed E-state index contributed by atoms with van der Waals surface area (Å²) < 4.78 is 22.0. The van der Waals surface area contributed by atoms with Crippen LogP contribution in [0.4, 0.5) is 16.0 Å². The maximum atomic E-state index is 14.6. The van der Waals surface area contributed by atoms with Crippen molar-refractivity contribution < 1.29 is 18.7 Å². The highest BCUT2D eigenvalue weighted by Crippen LogP contribution is 2.36. The van der Waals surface area contributed by atoms with E-state index >= 15 is 0 Å². The topological polar surface area (TPSA) is 128 Å². The summed E-state index contributed by atoms with van der Waals surface area (Å²) in [7, 11) is 1.37. The number of methoxy groups -OCH3 is 1. The Hall–Kier alpha value is -3.80. The number of halogens is 2. The number of carbonyl (C=O) groups excluding carboxylic acids is 2. The number of nitrogens with zero attached hydrogens (tertiary/aromatic N) is 5. The Kier molecular flexibility index (Phi) is 6.44. The molecule has 0 bridgehead atoms. The monoisotopic (exact) mass is 569 g/mol. The average molecular weight is 570 g/mol. The molecule has 0 radical (unpaired) electrons. The molecule has 4 heterocycles. The first-order valence-corrected chi connectivity index (χ1v) is 12.5. The highest BCUT2D eigenvalue weighted by Gasteiger charge is 2.43. The molecular weight excluding hydrogens is 545 g/mol. The van der Waals surface area contributed by atoms with Gasteiger partial charge in [0.25, 0.3) is 0 Å². The van der Waals surface area contributed by atoms with Crippen LogP contribution in [0.15, 0.2) is 41.3 Å². The molecule has 4 aromatic rings. The van der Waals surface area contributed by atoms with Crippen LogP contribution in [-0.2, 0) is 16.1 Å². The van der Waals surface area contributed by atoms with E-state index in [9.17, 15) is 14.0 Å². The second kappa shape index (κ2) is 9.58. The van der Waals surface area contributed by atoms with Gasteiger partial charge >= 0.3 is 0 Å². The summed E-state index contributed by atoms with van der Waals surface area (Å²) in [5.41, 5.74) is 7.03. The van der Waals surface area contributed by atoms with Gasteiger partial charge in [0.05, 0.1) is 18.0 Å². The summed E-state index contributed by atoms with van der Waals surface area (Å²) >= 11 is 3.30. The Morgan fingerprint density at radius 2 is 2.05 bits per heavy atom. The molecule has 0 unspecified atom stereocenters. The van der Waals surface area contributed by atoms with Crippen LogP contribution >= 0.6 is 15.9 Å². The van der Waals surface area contributed by atoms with Crippen molar-refractivity contribution in [3.63, 3.8) is 0 Å². The standard InChI is InChI=1S/C25H25BrFN7O3/c1-12-7-17(25(36)32-20-6-4-5-19(26)31-20)34(13(12)2)21(35)10-33-16-9-18(37-3)15(27)8-14(16)22-23(28)29-11-30-24(22)33/h4-6,8-9,11-13,17H,7,10H2,1-3H3,(H2,28,29,30)(H,31,32,36)/t12-,13-,17+/m1/s1. The van der Waals surface area contributed by atoms with Gasteiger partial charge in [-0.25, -0.2) is 19.3 Å². The number of likely N-dealkylation sites (tertiary alicyclic amines) is 1. The zero-order chi connectivity index (χ0) is 26.4. The van der Waals surface area contributed by atoms with Gasteiger partial charge in [-0.2, -0.15) is 0 Å². The first-order valence-electron chi connectivity index (χ1n) is 11.7. The minimum Gasteiger partial charge on any atom is -0.494 e. The van der Waals surface area contributed by atoms with Crippen molar-refractivity contribution in [2.24, 2.45) is 5.92 Å². The van der Waals surface area contributed by atoms with Crippen LogP contribution in [-0.4, -0.2) is 55.4 Å². The van der Waals surface area contributed by atoms with Crippen molar-refractivity contribution in [1.29, 1.82) is 0 Å². The van der Waals surface area contributed by atoms with Crippen LogP contribution in [0.3, 0.4) is 0 Å². The predicted octanol–water partition coefficient (Wildman–Crippen LogP) is 3.74. The van der Waals surface area contributed by atoms with Crippen molar-refractivity contribution in [3.05, 3.63) is 47.1 Å². The lowest BCUT2D eigenvalue weighted by atomic mass is 10.0. The zero-order valence-corrected chi connectivity index (χ0v) is 22.0. The van der Waals surface area contributed by atoms with Crippen LogP contribution in [0.25, 0.3) is 21.9 Å². The van der Waals surface area contributed by atoms with Crippen LogP contribution in [0.1, 0.15) is 20.3 Å². The number of aromatic nitrogens is 4. The predicted molar refractivity (Wildman–Crippen MR) is 140 cm³/mol. The number of benzene rings is 1. The van der Waals surface area contributed by atoms with Crippen LogP contribution < -0.4 is 15.8 Å². The third-order valence-corrected chi connectivity index (χ3v) is 7.43. The first-order chi connectivity index (χ1) is 17.7. The Labute approximate surface area is 220 Å². The number of hydrogen-bond acceptors (Lipinski definition) is 7. The summed E-state index contributed by atoms with van der Waals surface area (Å²) in [6, 6.07) is 7.16. The molecule has 10 nitrogen and oxygen atoms in total. The van der Waals surface area contributed by atoms with E-state index in [-0.39, 0.29) is 41.9 Å². The minimum atomic E-state index is -0.682. The molecule has 0 spiro atoms. The summed E-state index contributed by atoms with van der Waals surface area (Å²) in [5.74, 6) is -0.469. The van der Waals surface area contributed by atoms with Gasteiger partial charge < -0.3 is 25.3 Å². The van der Waals surface area contributed by atoms with E-state index < -0.39 is 11.9 Å². The van der Waals surface area contributed by atoms with Gasteiger partial charge in [-0.1, -0.05) is 13.0 Å². The molecule has 1 fully saturated rings. The quantitative estimate of drug-likeness (QED) is 0.350. The molecule has 3 aromatic heterocycles. The highest BCUT2D eigenvalue weighted by atomic mass is 79.9. The van der Waals surface area contributed by atoms with Gasteiger partial charge in [0.15, 0.2) is 11.6 Å². The molecule has 5 rings (SSSR count). The smallest absolute Gasteiger partial charge is 0.248 e. The van der Waals surface area contributed by atoms with Crippen LogP contribution in [0.5, 0.6) is 5.75 Å². The lowest BCUT2D eigenvalue weighted by molar-refractivity contribution is -0.139. The Bertz CT molecular complexity index is 1540. The van der Waals surface area contributed by atoms with Gasteiger partial charge in [0.2, 0.25) is 11.8 Å². The van der Waals surface area contributed by atoms with E-state index in [0.29, 0.717) is 38.8 Å². The summed E-state index contributed by atoms with van der Waals surface area (Å²) in [6.45, 7) is 3.80. The third-order valence-electron chi connectivity index (χ3n) is 6.99. The van der Waals surface area contributed by atoms with Crippen molar-refractivity contribution >= 4 is 61.3 Å². The highest BCUT2D eigenvalue weighted by molar-refractivity contribution is 9.10. The summed E-state index contributed by atoms with van der Waals surface area (Å²) in [5, 5.41) is 3.74. The largest absolute Gasteiger partial charge is 0.494 e. The molecule has 1 aliphatic heterocycles. The Morgan fingerprint density at radius 3 is 2.78 bits per heavy atom. The number of pyridine rings is 1. The average Bonchev–Trinajstić information content (AvgIpc) is 3.32. The van der Waals surface area contributed by atoms with E-state index in [1.807, 2.05) is 13.8 Å². The van der Waals surface area contributed by atoms with E-state index in [2.05, 4.69) is 36.2 Å². The van der Waals surface area contributed by atoms with Crippen molar-refractivity contribution in [3.8, 4) is 5.75 Å². The maximum absolute atomic E-state index is 14.6. The summed E-state index contributed by atoms with van der Waals surface area (Å²) in [6.07, 6.45) is 1.81. The molecule has 0 aliphatic carbocycles. The second-order valence-electron chi connectivity index (χ2n) is 9.15. The lowest BCUT2D eigenvalue weighted by Gasteiger charge is -2.29. The molecule has 1 aliphatic rings. The number of carbonyl (C=O) groups is 2. The fraction of sp³-hybridized carbons (Fsp3) is 0.320. The molecule has 1 saturated heterocycles. The molecule has 192 valence electrons. The van der Waals surface area contributed by atoms with Gasteiger partial charge in [0.1, 0.15) is 40.8 Å². The SMILES string of the molecule is COc1cc2c(cc1F)c1c(N)ncnc1n2CC(=O)N1[C@H](C)[C@H](C)C[C@H]1C(=O)Nc1cccc(Br)n1. The van der Waals surface area contributed by atoms with Crippen LogP contribution in [0, 0.1) is 11.7 Å². The Morgan fingerprint density at radius 1 is 1.27 bits per heavy atom. The number of nitrogens with two attached hydrogens (primary N) is 1. The number of anilines is 2. The fourth-order valence-corrected chi connectivity index (χ4v) is 5.35. The molecule has 2 amide bonds. The molecular formula is C25H25BrFN7O3. The van der Waals surface area contributed by atoms with Gasteiger partial charge in [0, 0.05) is 17.5 Å². The molecule has 3 atom stereocenters. The van der Waals surface area contributed by atoms with Crippen molar-refractivity contribution in [1.82, 2.24) is 24.4 Å². The van der Waals surface area contributed by atoms with Gasteiger partial charge in [-0.15, -0.1) is 0 Å². The number of nitrogens with one attached hydrogen (secondary N) is 1. The molecule has 3 N–H and O–H groups in total. The maximum Gasteiger partial charge on any atom is 0.248 e. The Balaban J connectivity index is 1.52. The van der Waals surface area contributed by atoms with E-state index in [4.69, 9.17) is 10.5 Å². The number of hydrogen-bond donors (Lipinski definition) is 2. The number of amides is 2. The van der Waals surface area contributed by atoms with E-state index in [1.54, 1.807) is 27.7 Å². The second-order valence-corrected chi connectivity index (χ2v) is 9.97. The molecule has 37 heavy (non-hydrogen) atoms. The van der Waals surface area contributed by atoms with E-state index in [0.717, 1.165) is 0 Å². The molecule has 12 heteroatoms. The normalized spacial score (nSPS) is 19.5. The number of rotatable bonds is 5. The van der Waals surface area contributed by atoms with E-state index in [1.165, 1.54) is 25.6 Å².